The molecule has 9 heavy (non-hydrogen) atoms. The van der Waals surface area contributed by atoms with Crippen molar-refractivity contribution in [3.63, 3.8) is 0 Å². The van der Waals surface area contributed by atoms with Crippen molar-refractivity contribution in [2.24, 2.45) is 0 Å². The highest BCUT2D eigenvalue weighted by Crippen LogP contribution is 1.38. The summed E-state index contributed by atoms with van der Waals surface area (Å²) in [4.78, 5) is 3.25. The molecule has 0 rings (SSSR count). The minimum Gasteiger partial charge on any atom is -0.373 e. The minimum atomic E-state index is 1.50. The number of hydrogen-bond donors (Lipinski definition) is 1. The number of nitrogens with zero attached hydrogens (tertiary/aromatic N) is 5. The van der Waals surface area contributed by atoms with Crippen molar-refractivity contribution in [2.75, 3.05) is 0 Å². The molecule has 0 amide bonds. The van der Waals surface area contributed by atoms with Crippen LogP contribution in [-0.4, -0.2) is 0 Å². The second-order valence-electron chi connectivity index (χ2n) is 0.598. The molecule has 0 atom stereocenters. The molecule has 50 valence electrons. The molecule has 0 heterocycles. The van der Waals surface area contributed by atoms with Crippen LogP contribution in [-0.2, 0) is 0 Å². The van der Waals surface area contributed by atoms with Crippen molar-refractivity contribution in [3.05, 3.63) is 39.1 Å². The first kappa shape index (κ1) is 15.7. The molecule has 0 saturated heterocycles. The van der Waals surface area contributed by atoms with E-state index in [0.717, 1.165) is 0 Å². The topological polar surface area (TPSA) is 119 Å². The molecule has 0 aliphatic rings. The largest absolute Gasteiger partial charge is 0.373 e. The van der Waals surface area contributed by atoms with Crippen molar-refractivity contribution in [1.82, 2.24) is 0 Å². The molecular formula is C3H7N6-. The van der Waals surface area contributed by atoms with Crippen LogP contribution in [0.25, 0.3) is 26.4 Å². The number of hydrogen-bond acceptors (Lipinski definition) is 1. The van der Waals surface area contributed by atoms with Gasteiger partial charge in [0.1, 0.15) is 0 Å². The van der Waals surface area contributed by atoms with Crippen LogP contribution in [0.5, 0.6) is 0 Å². The van der Waals surface area contributed by atoms with Gasteiger partial charge in [-0.25, -0.2) is 0 Å². The molecule has 0 aliphatic carbocycles. The fourth-order valence-electron chi connectivity index (χ4n) is 0. The molecule has 6 nitrogen and oxygen atoms in total. The highest BCUT2D eigenvalue weighted by molar-refractivity contribution is 4.51. The van der Waals surface area contributed by atoms with Crippen LogP contribution in [0.2, 0.25) is 0 Å². The average Bonchev–Trinajstić information content (AvgIpc) is 1.70. The van der Waals surface area contributed by atoms with E-state index in [1.54, 1.807) is 11.0 Å². The normalized spacial score (nSPS) is 3.22. The van der Waals surface area contributed by atoms with Gasteiger partial charge in [0.15, 0.2) is 0 Å². The van der Waals surface area contributed by atoms with E-state index in [1.807, 2.05) is 6.92 Å². The highest BCUT2D eigenvalue weighted by Gasteiger charge is 1.15. The molecule has 0 aromatic carbocycles. The first-order chi connectivity index (χ1) is 4.24. The Hall–Kier alpha value is -1.64. The predicted molar refractivity (Wildman–Crippen MR) is 35.4 cm³/mol. The molecule has 0 fully saturated rings. The predicted octanol–water partition coefficient (Wildman–Crippen LogP) is 2.93. The van der Waals surface area contributed by atoms with Gasteiger partial charge >= 0.3 is 0 Å². The van der Waals surface area contributed by atoms with Crippen LogP contribution in [0.4, 0.5) is 0 Å². The Morgan fingerprint density at radius 2 is 1.44 bits per heavy atom. The lowest BCUT2D eigenvalue weighted by molar-refractivity contribution is 1.45. The van der Waals surface area contributed by atoms with Gasteiger partial charge in [0.25, 0.3) is 0 Å². The highest BCUT2D eigenvalue weighted by atomic mass is 15.0. The molecular weight excluding hydrogens is 120 g/mol. The standard InChI is InChI=1S/C3H6.HN3.N3/c3*1-3-2/h3H,1H2,2H3;1H;/q;;-1. The average molecular weight is 127 g/mol. The van der Waals surface area contributed by atoms with Crippen molar-refractivity contribution < 1.29 is 0 Å². The molecule has 1 N–H and O–H groups in total. The van der Waals surface area contributed by atoms with E-state index in [-0.39, 0.29) is 0 Å². The summed E-state index contributed by atoms with van der Waals surface area (Å²) in [5.74, 6) is 0. The van der Waals surface area contributed by atoms with Crippen molar-refractivity contribution in [1.29, 1.82) is 5.53 Å². The van der Waals surface area contributed by atoms with Crippen LogP contribution in [0.15, 0.2) is 12.7 Å². The fourth-order valence-corrected chi connectivity index (χ4v) is 0. The smallest absolute Gasteiger partial charge is 0.00208 e. The number of nitrogens with one attached hydrogen (secondary N) is 1. The quantitative estimate of drug-likeness (QED) is 0.223. The maximum absolute atomic E-state index is 6.86. The molecule has 0 saturated carbocycles. The minimum absolute atomic E-state index is 1.50. The lowest BCUT2D eigenvalue weighted by Gasteiger charge is -1.31. The van der Waals surface area contributed by atoms with E-state index in [9.17, 15) is 0 Å². The van der Waals surface area contributed by atoms with Crippen LogP contribution >= 0.6 is 0 Å². The van der Waals surface area contributed by atoms with E-state index in [4.69, 9.17) is 22.1 Å². The SMILES string of the molecule is C=CC.[N-]=[N+]=N.[N-]=[N+]=[N-]. The zero-order valence-electron chi connectivity index (χ0n) is 5.02. The number of allylic oxidation sites excluding steroid dienone is 1. The molecule has 0 bridgehead atoms. The fraction of sp³-hybridized carbons (Fsp3) is 0.333. The maximum Gasteiger partial charge on any atom is -0.00208 e. The summed E-state index contributed by atoms with van der Waals surface area (Å²) in [6.45, 7) is 5.25. The Bertz CT molecular complexity index is 91.5. The monoisotopic (exact) mass is 127 g/mol. The van der Waals surface area contributed by atoms with E-state index >= 15 is 0 Å². The number of rotatable bonds is 0. The van der Waals surface area contributed by atoms with E-state index in [2.05, 4.69) is 6.58 Å². The third kappa shape index (κ3) is 45.0. The summed E-state index contributed by atoms with van der Waals surface area (Å²) >= 11 is 0. The lowest BCUT2D eigenvalue weighted by Crippen LogP contribution is -1.07. The third-order valence-electron chi connectivity index (χ3n) is 0. The molecule has 6 heteroatoms. The van der Waals surface area contributed by atoms with Crippen LogP contribution in [0.3, 0.4) is 0 Å². The van der Waals surface area contributed by atoms with Gasteiger partial charge < -0.3 is 11.1 Å². The van der Waals surface area contributed by atoms with Crippen LogP contribution in [0, 0.1) is 5.53 Å². The second-order valence-corrected chi connectivity index (χ2v) is 0.598. The molecule has 0 aliphatic heterocycles. The maximum atomic E-state index is 6.86. The summed E-state index contributed by atoms with van der Waals surface area (Å²) in [6, 6.07) is 0. The van der Waals surface area contributed by atoms with Gasteiger partial charge in [-0.1, -0.05) is 6.08 Å². The molecule has 0 spiro atoms. The summed E-state index contributed by atoms with van der Waals surface area (Å²) in [5.41, 5.74) is 25.8. The lowest BCUT2D eigenvalue weighted by atomic mass is 10.8. The van der Waals surface area contributed by atoms with Crippen molar-refractivity contribution >= 4 is 0 Å². The van der Waals surface area contributed by atoms with Crippen molar-refractivity contribution in [2.45, 2.75) is 6.92 Å². The van der Waals surface area contributed by atoms with Gasteiger partial charge in [0.2, 0.25) is 0 Å². The Labute approximate surface area is 52.6 Å². The Kier molecular flexibility index (Phi) is 172. The van der Waals surface area contributed by atoms with Gasteiger partial charge in [0.05, 0.1) is 0 Å². The first-order valence-corrected chi connectivity index (χ1v) is 1.81. The van der Waals surface area contributed by atoms with Crippen molar-refractivity contribution in [3.8, 4) is 0 Å². The molecule has 0 radical (unpaired) electrons. The Morgan fingerprint density at radius 1 is 1.44 bits per heavy atom. The second kappa shape index (κ2) is 98.8. The summed E-state index contributed by atoms with van der Waals surface area (Å²) in [5, 5.41) is 0. The molecule has 0 aromatic rings. The third-order valence-corrected chi connectivity index (χ3v) is 0. The van der Waals surface area contributed by atoms with Gasteiger partial charge in [0, 0.05) is 0 Å². The first-order valence-electron chi connectivity index (χ1n) is 1.81. The van der Waals surface area contributed by atoms with Gasteiger partial charge in [-0.05, 0) is 17.4 Å². The zero-order chi connectivity index (χ0) is 8.12. The van der Waals surface area contributed by atoms with E-state index in [0.29, 0.717) is 0 Å². The van der Waals surface area contributed by atoms with E-state index in [1.165, 1.54) is 4.91 Å². The van der Waals surface area contributed by atoms with E-state index < -0.39 is 0 Å². The van der Waals surface area contributed by atoms with Crippen LogP contribution in [0.1, 0.15) is 6.92 Å². The van der Waals surface area contributed by atoms with Crippen LogP contribution < -0.4 is 0 Å². The Morgan fingerprint density at radius 3 is 1.44 bits per heavy atom. The summed E-state index contributed by atoms with van der Waals surface area (Å²) in [6.07, 6.45) is 1.75. The van der Waals surface area contributed by atoms with Gasteiger partial charge in [-0.2, -0.15) is 0 Å². The Balaban J connectivity index is -0.0000000600. The molecule has 0 unspecified atom stereocenters. The molecule has 0 aromatic heterocycles. The van der Waals surface area contributed by atoms with Gasteiger partial charge in [-0.3, -0.25) is 4.91 Å². The summed E-state index contributed by atoms with van der Waals surface area (Å²) < 4.78 is 0. The summed E-state index contributed by atoms with van der Waals surface area (Å²) in [7, 11) is 0. The zero-order valence-corrected chi connectivity index (χ0v) is 5.02. The van der Waals surface area contributed by atoms with Gasteiger partial charge in [-0.15, -0.1) is 12.1 Å².